The molecule has 0 heterocycles. The smallest absolute Gasteiger partial charge is 0.306 e. The van der Waals surface area contributed by atoms with Crippen LogP contribution in [0.4, 0.5) is 0 Å². The van der Waals surface area contributed by atoms with Gasteiger partial charge in [0.1, 0.15) is 13.2 Å². The Morgan fingerprint density at radius 2 is 0.594 bits per heavy atom. The fourth-order valence-electron chi connectivity index (χ4n) is 6.46. The maximum atomic E-state index is 12.8. The highest BCUT2D eigenvalue weighted by Crippen LogP contribution is 2.09. The predicted octanol–water partition coefficient (Wildman–Crippen LogP) is 18.2. The lowest BCUT2D eigenvalue weighted by molar-refractivity contribution is -0.166. The highest BCUT2D eigenvalue weighted by molar-refractivity contribution is 5.71. The minimum Gasteiger partial charge on any atom is -0.462 e. The van der Waals surface area contributed by atoms with Crippen molar-refractivity contribution in [2.45, 2.75) is 207 Å². The maximum absolute atomic E-state index is 12.8. The summed E-state index contributed by atoms with van der Waals surface area (Å²) in [7, 11) is 0. The van der Waals surface area contributed by atoms with Crippen molar-refractivity contribution < 1.29 is 28.6 Å². The van der Waals surface area contributed by atoms with Crippen molar-refractivity contribution in [3.05, 3.63) is 158 Å². The molecule has 0 aromatic carbocycles. The summed E-state index contributed by atoms with van der Waals surface area (Å²) in [6.45, 7) is 6.29. The molecule has 0 radical (unpaired) electrons. The first kappa shape index (κ1) is 64.0. The standard InChI is InChI=1S/C63H96O6/c1-4-7-10-13-16-19-22-25-28-30-31-33-35-38-41-44-47-50-53-56-62(65)68-59-60(58-67-61(64)55-52-49-46-43-40-37-34-27-24-21-18-15-12-9-6-3)69-63(66)57-54-51-48-45-42-39-36-32-29-26-23-20-17-14-11-8-5-2/h7,10,16-21,25-29,31,33-34,36,38-41,43,45,47-48,50,60H,4-6,8-9,11-15,22-24,30,32,35,37,42,44,46,49,51-59H2,1-3H3/b10-7-,19-16-,20-17-,21-18-,28-25-,29-26-,33-31-,34-27-,39-36-,41-38-,43-40-,48-45-,50-47-/t60-/m0/s1. The van der Waals surface area contributed by atoms with Gasteiger partial charge in [-0.3, -0.25) is 14.4 Å². The van der Waals surface area contributed by atoms with Crippen molar-refractivity contribution in [3.8, 4) is 0 Å². The van der Waals surface area contributed by atoms with Gasteiger partial charge in [0, 0.05) is 19.3 Å². The lowest BCUT2D eigenvalue weighted by Gasteiger charge is -2.18. The molecule has 6 heteroatoms. The third-order valence-corrected chi connectivity index (χ3v) is 10.5. The first-order valence-electron chi connectivity index (χ1n) is 27.0. The van der Waals surface area contributed by atoms with Crippen molar-refractivity contribution in [1.82, 2.24) is 0 Å². The highest BCUT2D eigenvalue weighted by atomic mass is 16.6. The lowest BCUT2D eigenvalue weighted by atomic mass is 10.1. The monoisotopic (exact) mass is 949 g/mol. The number of hydrogen-bond acceptors (Lipinski definition) is 6. The first-order chi connectivity index (χ1) is 34.0. The molecule has 0 amide bonds. The Morgan fingerprint density at radius 3 is 0.957 bits per heavy atom. The van der Waals surface area contributed by atoms with Crippen molar-refractivity contribution in [2.75, 3.05) is 13.2 Å². The molecule has 0 spiro atoms. The Bertz CT molecular complexity index is 1610. The van der Waals surface area contributed by atoms with E-state index in [0.29, 0.717) is 19.3 Å². The Balaban J connectivity index is 4.69. The molecule has 6 nitrogen and oxygen atoms in total. The van der Waals surface area contributed by atoms with Crippen LogP contribution in [0.25, 0.3) is 0 Å². The van der Waals surface area contributed by atoms with Gasteiger partial charge in [-0.05, 0) is 135 Å². The second kappa shape index (κ2) is 55.6. The number of carbonyl (C=O) groups excluding carboxylic acids is 3. The summed E-state index contributed by atoms with van der Waals surface area (Å²) in [5.74, 6) is -1.14. The Kier molecular flexibility index (Phi) is 51.6. The quantitative estimate of drug-likeness (QED) is 0.0262. The van der Waals surface area contributed by atoms with Crippen LogP contribution in [-0.2, 0) is 28.6 Å². The molecule has 0 aromatic heterocycles. The molecular formula is C63H96O6. The zero-order valence-electron chi connectivity index (χ0n) is 43.8. The fraction of sp³-hybridized carbons (Fsp3) is 0.540. The minimum atomic E-state index is -0.861. The van der Waals surface area contributed by atoms with E-state index in [0.717, 1.165) is 89.9 Å². The zero-order valence-corrected chi connectivity index (χ0v) is 43.8. The van der Waals surface area contributed by atoms with Gasteiger partial charge in [0.25, 0.3) is 0 Å². The van der Waals surface area contributed by atoms with E-state index in [9.17, 15) is 14.4 Å². The summed E-state index contributed by atoms with van der Waals surface area (Å²) < 4.78 is 16.7. The fourth-order valence-corrected chi connectivity index (χ4v) is 6.46. The average molecular weight is 949 g/mol. The molecule has 0 aliphatic rings. The molecule has 0 unspecified atom stereocenters. The number of rotatable bonds is 46. The van der Waals surface area contributed by atoms with Gasteiger partial charge >= 0.3 is 17.9 Å². The molecule has 0 aliphatic heterocycles. The molecular weight excluding hydrogens is 853 g/mol. The molecule has 69 heavy (non-hydrogen) atoms. The van der Waals surface area contributed by atoms with Crippen LogP contribution in [0.2, 0.25) is 0 Å². The molecule has 0 fully saturated rings. The molecule has 0 aromatic rings. The molecule has 0 bridgehead atoms. The number of hydrogen-bond donors (Lipinski definition) is 0. The number of esters is 3. The number of ether oxygens (including phenoxy) is 3. The van der Waals surface area contributed by atoms with Crippen LogP contribution in [0, 0.1) is 0 Å². The van der Waals surface area contributed by atoms with Crippen LogP contribution >= 0.6 is 0 Å². The van der Waals surface area contributed by atoms with E-state index in [1.807, 2.05) is 12.2 Å². The summed E-state index contributed by atoms with van der Waals surface area (Å²) >= 11 is 0. The van der Waals surface area contributed by atoms with E-state index in [1.165, 1.54) is 51.4 Å². The van der Waals surface area contributed by atoms with E-state index in [2.05, 4.69) is 167 Å². The van der Waals surface area contributed by atoms with E-state index >= 15 is 0 Å². The van der Waals surface area contributed by atoms with Crippen LogP contribution in [0.3, 0.4) is 0 Å². The van der Waals surface area contributed by atoms with Gasteiger partial charge in [0.05, 0.1) is 0 Å². The SMILES string of the molecule is CC/C=C\C/C=C\C/C=C\C/C=C\C/C=C\C/C=C\CCC(=O)OC[C@H](COC(=O)CCCC/C=C\C/C=C\C/C=C\CCCCC)OC(=O)CCC/C=C\C/C=C\C/C=C\C/C=C\CCCCC. The van der Waals surface area contributed by atoms with Crippen LogP contribution in [0.1, 0.15) is 201 Å². The van der Waals surface area contributed by atoms with Crippen LogP contribution in [0.5, 0.6) is 0 Å². The average Bonchev–Trinajstić information content (AvgIpc) is 3.35. The molecule has 1 atom stereocenters. The summed E-state index contributed by atoms with van der Waals surface area (Å²) in [4.78, 5) is 38.0. The van der Waals surface area contributed by atoms with Crippen LogP contribution in [0.15, 0.2) is 158 Å². The van der Waals surface area contributed by atoms with Gasteiger partial charge < -0.3 is 14.2 Å². The topological polar surface area (TPSA) is 78.9 Å². The maximum Gasteiger partial charge on any atom is 0.306 e. The second-order valence-corrected chi connectivity index (χ2v) is 17.0. The van der Waals surface area contributed by atoms with Gasteiger partial charge in [-0.15, -0.1) is 0 Å². The van der Waals surface area contributed by atoms with Gasteiger partial charge in [-0.2, -0.15) is 0 Å². The van der Waals surface area contributed by atoms with Crippen LogP contribution < -0.4 is 0 Å². The van der Waals surface area contributed by atoms with Crippen LogP contribution in [-0.4, -0.2) is 37.2 Å². The van der Waals surface area contributed by atoms with Gasteiger partial charge in [0.2, 0.25) is 0 Å². The number of unbranched alkanes of at least 4 members (excludes halogenated alkanes) is 9. The summed E-state index contributed by atoms with van der Waals surface area (Å²) in [6, 6.07) is 0. The molecule has 0 aliphatic carbocycles. The summed E-state index contributed by atoms with van der Waals surface area (Å²) in [5, 5.41) is 0. The lowest BCUT2D eigenvalue weighted by Crippen LogP contribution is -2.30. The largest absolute Gasteiger partial charge is 0.462 e. The molecule has 384 valence electrons. The molecule has 0 saturated heterocycles. The van der Waals surface area contributed by atoms with Gasteiger partial charge in [-0.1, -0.05) is 204 Å². The Morgan fingerprint density at radius 1 is 0.304 bits per heavy atom. The van der Waals surface area contributed by atoms with Gasteiger partial charge in [-0.25, -0.2) is 0 Å². The van der Waals surface area contributed by atoms with Crippen molar-refractivity contribution in [3.63, 3.8) is 0 Å². The number of allylic oxidation sites excluding steroid dienone is 26. The van der Waals surface area contributed by atoms with E-state index in [-0.39, 0.29) is 44.4 Å². The Labute approximate surface area is 422 Å². The minimum absolute atomic E-state index is 0.150. The number of carbonyl (C=O) groups is 3. The second-order valence-electron chi connectivity index (χ2n) is 17.0. The third-order valence-electron chi connectivity index (χ3n) is 10.5. The van der Waals surface area contributed by atoms with Crippen molar-refractivity contribution in [2.24, 2.45) is 0 Å². The summed E-state index contributed by atoms with van der Waals surface area (Å²) in [5.41, 5.74) is 0. The van der Waals surface area contributed by atoms with E-state index < -0.39 is 12.1 Å². The van der Waals surface area contributed by atoms with Crippen molar-refractivity contribution >= 4 is 17.9 Å². The third kappa shape index (κ3) is 53.8. The van der Waals surface area contributed by atoms with E-state index in [1.54, 1.807) is 0 Å². The predicted molar refractivity (Wildman–Crippen MR) is 297 cm³/mol. The zero-order chi connectivity index (χ0) is 50.0. The molecule has 0 saturated carbocycles. The highest BCUT2D eigenvalue weighted by Gasteiger charge is 2.19. The molecule has 0 N–H and O–H groups in total. The first-order valence-corrected chi connectivity index (χ1v) is 27.0. The van der Waals surface area contributed by atoms with Gasteiger partial charge in [0.15, 0.2) is 6.10 Å². The normalized spacial score (nSPS) is 13.4. The van der Waals surface area contributed by atoms with E-state index in [4.69, 9.17) is 14.2 Å². The summed E-state index contributed by atoms with van der Waals surface area (Å²) in [6.07, 6.45) is 81.0. The Hall–Kier alpha value is -4.97. The molecule has 0 rings (SSSR count). The van der Waals surface area contributed by atoms with Crippen molar-refractivity contribution in [1.29, 1.82) is 0 Å².